The molecule has 0 spiro atoms. The fourth-order valence-corrected chi connectivity index (χ4v) is 2.17. The summed E-state index contributed by atoms with van der Waals surface area (Å²) in [5.41, 5.74) is 1.03. The summed E-state index contributed by atoms with van der Waals surface area (Å²) in [7, 11) is 0. The number of halogens is 2. The predicted octanol–water partition coefficient (Wildman–Crippen LogP) is 3.62. The first-order valence-corrected chi connectivity index (χ1v) is 5.49. The van der Waals surface area contributed by atoms with E-state index in [9.17, 15) is 0 Å². The molecule has 1 aromatic carbocycles. The fraction of sp³-hybridized carbons (Fsp3) is 0. The topological polar surface area (TPSA) is 25.8 Å². The first kappa shape index (κ1) is 9.12. The summed E-state index contributed by atoms with van der Waals surface area (Å²) in [4.78, 5) is 0. The molecule has 13 heavy (non-hydrogen) atoms. The minimum absolute atomic E-state index is 0.468. The molecule has 0 aliphatic rings. The Labute approximate surface area is 92.7 Å². The second-order valence-electron chi connectivity index (χ2n) is 2.37. The molecule has 2 nitrogen and oxygen atoms in total. The number of benzene rings is 1. The highest BCUT2D eigenvalue weighted by atomic mass is 79.9. The molecule has 0 fully saturated rings. The molecule has 2 aromatic rings. The molecule has 0 bridgehead atoms. The molecule has 1 aromatic heterocycles. The quantitative estimate of drug-likeness (QED) is 0.794. The van der Waals surface area contributed by atoms with Gasteiger partial charge in [-0.3, -0.25) is 0 Å². The average Bonchev–Trinajstić information content (AvgIpc) is 2.52. The molecule has 0 radical (unpaired) electrons. The highest BCUT2D eigenvalue weighted by Crippen LogP contribution is 2.27. The minimum atomic E-state index is 0.468. The van der Waals surface area contributed by atoms with E-state index in [-0.39, 0.29) is 0 Å². The Balaban J connectivity index is 2.46. The van der Waals surface area contributed by atoms with Crippen LogP contribution in [-0.4, -0.2) is 10.2 Å². The molecule has 0 saturated heterocycles. The van der Waals surface area contributed by atoms with E-state index in [0.717, 1.165) is 15.0 Å². The fourth-order valence-electron chi connectivity index (χ4n) is 0.943. The second-order valence-corrected chi connectivity index (χ2v) is 4.85. The van der Waals surface area contributed by atoms with Crippen molar-refractivity contribution < 1.29 is 0 Å². The average molecular weight is 276 g/mol. The van der Waals surface area contributed by atoms with Gasteiger partial charge in [-0.1, -0.05) is 39.4 Å². The van der Waals surface area contributed by atoms with E-state index in [4.69, 9.17) is 11.6 Å². The van der Waals surface area contributed by atoms with Crippen LogP contribution in [0.3, 0.4) is 0 Å². The summed E-state index contributed by atoms with van der Waals surface area (Å²) in [5.74, 6) is 0. The van der Waals surface area contributed by atoms with Crippen molar-refractivity contribution in [3.8, 4) is 10.6 Å². The van der Waals surface area contributed by atoms with Gasteiger partial charge in [0.15, 0.2) is 0 Å². The first-order chi connectivity index (χ1) is 6.25. The smallest absolute Gasteiger partial charge is 0.137 e. The summed E-state index contributed by atoms with van der Waals surface area (Å²) in [6.45, 7) is 0. The zero-order chi connectivity index (χ0) is 9.26. The summed E-state index contributed by atoms with van der Waals surface area (Å²) < 4.78 is 1.49. The molecule has 0 aliphatic carbocycles. The van der Waals surface area contributed by atoms with Crippen molar-refractivity contribution in [1.29, 1.82) is 0 Å². The van der Waals surface area contributed by atoms with Crippen LogP contribution in [0.25, 0.3) is 10.6 Å². The molecular weight excluding hydrogens is 272 g/mol. The number of hydrogen-bond acceptors (Lipinski definition) is 3. The highest BCUT2D eigenvalue weighted by molar-refractivity contribution is 9.10. The van der Waals surface area contributed by atoms with E-state index in [0.29, 0.717) is 4.47 Å². The number of hydrogen-bond donors (Lipinski definition) is 0. The van der Waals surface area contributed by atoms with E-state index >= 15 is 0 Å². The van der Waals surface area contributed by atoms with Crippen LogP contribution in [0.1, 0.15) is 0 Å². The summed E-state index contributed by atoms with van der Waals surface area (Å²) in [6.07, 6.45) is 0. The lowest BCUT2D eigenvalue weighted by Gasteiger charge is -1.94. The van der Waals surface area contributed by atoms with Gasteiger partial charge >= 0.3 is 0 Å². The lowest BCUT2D eigenvalue weighted by molar-refractivity contribution is 1.10. The van der Waals surface area contributed by atoms with Crippen LogP contribution in [0.5, 0.6) is 0 Å². The van der Waals surface area contributed by atoms with Crippen molar-refractivity contribution in [2.24, 2.45) is 0 Å². The third kappa shape index (κ3) is 2.07. The van der Waals surface area contributed by atoms with Gasteiger partial charge in [-0.25, -0.2) is 0 Å². The van der Waals surface area contributed by atoms with E-state index in [1.807, 2.05) is 24.3 Å². The molecule has 5 heteroatoms. The Morgan fingerprint density at radius 2 is 2.15 bits per heavy atom. The molecular formula is C8H4BrClN2S. The molecule has 0 atom stereocenters. The second kappa shape index (κ2) is 3.74. The molecule has 0 aliphatic heterocycles. The Bertz CT molecular complexity index is 430. The van der Waals surface area contributed by atoms with Crippen molar-refractivity contribution in [3.63, 3.8) is 0 Å². The van der Waals surface area contributed by atoms with E-state index < -0.39 is 0 Å². The zero-order valence-corrected chi connectivity index (χ0v) is 9.53. The Hall–Kier alpha value is -0.450. The number of nitrogens with zero attached hydrogens (tertiary/aromatic N) is 2. The van der Waals surface area contributed by atoms with Crippen molar-refractivity contribution in [1.82, 2.24) is 10.2 Å². The summed E-state index contributed by atoms with van der Waals surface area (Å²) in [6, 6.07) is 7.87. The maximum Gasteiger partial charge on any atom is 0.207 e. The molecule has 0 saturated carbocycles. The number of rotatable bonds is 1. The van der Waals surface area contributed by atoms with Crippen LogP contribution >= 0.6 is 38.9 Å². The minimum Gasteiger partial charge on any atom is -0.137 e. The van der Waals surface area contributed by atoms with Crippen LogP contribution in [0.15, 0.2) is 28.7 Å². The third-order valence-electron chi connectivity index (χ3n) is 1.47. The van der Waals surface area contributed by atoms with Gasteiger partial charge in [0.1, 0.15) is 5.01 Å². The van der Waals surface area contributed by atoms with Crippen LogP contribution in [-0.2, 0) is 0 Å². The van der Waals surface area contributed by atoms with Gasteiger partial charge in [0.2, 0.25) is 4.47 Å². The Morgan fingerprint density at radius 3 is 2.77 bits per heavy atom. The third-order valence-corrected chi connectivity index (χ3v) is 3.03. The monoisotopic (exact) mass is 274 g/mol. The maximum atomic E-state index is 5.68. The standard InChI is InChI=1S/C8H4BrClN2S/c9-6-3-1-2-5(4-6)7-11-12-8(10)13-7/h1-4H. The Morgan fingerprint density at radius 1 is 1.31 bits per heavy atom. The van der Waals surface area contributed by atoms with Crippen LogP contribution < -0.4 is 0 Å². The molecule has 0 amide bonds. The van der Waals surface area contributed by atoms with E-state index in [1.165, 1.54) is 11.3 Å². The van der Waals surface area contributed by atoms with Crippen molar-refractivity contribution in [2.75, 3.05) is 0 Å². The largest absolute Gasteiger partial charge is 0.207 e. The van der Waals surface area contributed by atoms with Gasteiger partial charge in [-0.15, -0.1) is 10.2 Å². The predicted molar refractivity (Wildman–Crippen MR) is 58.1 cm³/mol. The zero-order valence-electron chi connectivity index (χ0n) is 6.37. The van der Waals surface area contributed by atoms with Gasteiger partial charge in [-0.2, -0.15) is 0 Å². The van der Waals surface area contributed by atoms with Crippen molar-refractivity contribution in [3.05, 3.63) is 33.2 Å². The van der Waals surface area contributed by atoms with Crippen molar-refractivity contribution in [2.45, 2.75) is 0 Å². The van der Waals surface area contributed by atoms with Gasteiger partial charge in [0.25, 0.3) is 0 Å². The lowest BCUT2D eigenvalue weighted by Crippen LogP contribution is -1.75. The van der Waals surface area contributed by atoms with E-state index in [1.54, 1.807) is 0 Å². The van der Waals surface area contributed by atoms with Crippen LogP contribution in [0.4, 0.5) is 0 Å². The SMILES string of the molecule is Clc1nnc(-c2cccc(Br)c2)s1. The maximum absolute atomic E-state index is 5.68. The number of aromatic nitrogens is 2. The van der Waals surface area contributed by atoms with Crippen LogP contribution in [0, 0.1) is 0 Å². The summed E-state index contributed by atoms with van der Waals surface area (Å²) in [5, 5.41) is 8.52. The van der Waals surface area contributed by atoms with Gasteiger partial charge in [0, 0.05) is 10.0 Å². The van der Waals surface area contributed by atoms with Crippen molar-refractivity contribution >= 4 is 38.9 Å². The van der Waals surface area contributed by atoms with Gasteiger partial charge in [0.05, 0.1) is 0 Å². The first-order valence-electron chi connectivity index (χ1n) is 3.50. The molecule has 1 heterocycles. The van der Waals surface area contributed by atoms with Gasteiger partial charge in [-0.05, 0) is 23.7 Å². The molecule has 0 N–H and O–H groups in total. The normalized spacial score (nSPS) is 10.3. The van der Waals surface area contributed by atoms with E-state index in [2.05, 4.69) is 26.1 Å². The Kier molecular flexibility index (Phi) is 2.62. The highest BCUT2D eigenvalue weighted by Gasteiger charge is 2.04. The molecule has 66 valence electrons. The lowest BCUT2D eigenvalue weighted by atomic mass is 10.2. The molecule has 2 rings (SSSR count). The van der Waals surface area contributed by atoms with Crippen LogP contribution in [0.2, 0.25) is 4.47 Å². The summed E-state index contributed by atoms with van der Waals surface area (Å²) >= 11 is 10.4. The van der Waals surface area contributed by atoms with Gasteiger partial charge < -0.3 is 0 Å². The molecule has 0 unspecified atom stereocenters.